The van der Waals surface area contributed by atoms with Crippen molar-refractivity contribution in [1.82, 2.24) is 9.97 Å². The van der Waals surface area contributed by atoms with Crippen molar-refractivity contribution in [3.8, 4) is 17.0 Å². The van der Waals surface area contributed by atoms with Gasteiger partial charge in [0, 0.05) is 23.4 Å². The number of nitrogens with one attached hydrogen (secondary N) is 2. The second-order valence-corrected chi connectivity index (χ2v) is 7.35. The van der Waals surface area contributed by atoms with Gasteiger partial charge in [0.1, 0.15) is 11.6 Å². The summed E-state index contributed by atoms with van der Waals surface area (Å²) in [6.07, 6.45) is -3.98. The molecule has 9 heteroatoms. The average molecular weight is 446 g/mol. The number of aryl methyl sites for hydroxylation is 2. The van der Waals surface area contributed by atoms with Crippen molar-refractivity contribution in [3.63, 3.8) is 0 Å². The van der Waals surface area contributed by atoms with Crippen LogP contribution in [0.5, 0.6) is 5.75 Å². The molecule has 0 radical (unpaired) electrons. The molecule has 3 aromatic rings. The lowest BCUT2D eigenvalue weighted by Crippen LogP contribution is -2.21. The van der Waals surface area contributed by atoms with E-state index in [0.717, 1.165) is 23.2 Å². The second-order valence-electron chi connectivity index (χ2n) is 7.35. The number of aromatic nitrogens is 2. The van der Waals surface area contributed by atoms with Crippen molar-refractivity contribution >= 4 is 17.5 Å². The molecule has 0 unspecified atom stereocenters. The zero-order valence-corrected chi connectivity index (χ0v) is 18.0. The number of hydrogen-bond donors (Lipinski definition) is 3. The second kappa shape index (κ2) is 9.86. The fourth-order valence-electron chi connectivity index (χ4n) is 3.17. The molecule has 1 aromatic heterocycles. The number of benzene rings is 2. The van der Waals surface area contributed by atoms with E-state index in [2.05, 4.69) is 25.3 Å². The van der Waals surface area contributed by atoms with Crippen molar-refractivity contribution in [2.75, 3.05) is 17.2 Å². The highest BCUT2D eigenvalue weighted by atomic mass is 19.4. The lowest BCUT2D eigenvalue weighted by Gasteiger charge is -2.17. The Morgan fingerprint density at radius 3 is 2.53 bits per heavy atom. The van der Waals surface area contributed by atoms with E-state index in [1.165, 1.54) is 18.2 Å². The van der Waals surface area contributed by atoms with Crippen LogP contribution < -0.4 is 15.4 Å². The standard InChI is InChI=1S/C23H25F3N4O2/c1-4-16-8-5-7-14(2)21(16)29-20-12-19(28-22(30-20)27-15(3)13-31)17-9-6-10-18(11-17)32-23(24,25)26/h5-12,15,31H,4,13H2,1-3H3,(H2,27,28,29,30)/t15-/m1/s1. The first-order valence-electron chi connectivity index (χ1n) is 10.2. The van der Waals surface area contributed by atoms with Gasteiger partial charge in [-0.05, 0) is 43.5 Å². The van der Waals surface area contributed by atoms with Crippen LogP contribution in [-0.2, 0) is 6.42 Å². The smallest absolute Gasteiger partial charge is 0.406 e. The molecule has 0 saturated carbocycles. The van der Waals surface area contributed by atoms with E-state index in [1.807, 2.05) is 32.0 Å². The summed E-state index contributed by atoms with van der Waals surface area (Å²) in [6, 6.07) is 12.9. The van der Waals surface area contributed by atoms with Gasteiger partial charge in [-0.25, -0.2) is 4.98 Å². The number of aliphatic hydroxyl groups excluding tert-OH is 1. The van der Waals surface area contributed by atoms with Gasteiger partial charge in [-0.2, -0.15) is 4.98 Å². The van der Waals surface area contributed by atoms with Crippen molar-refractivity contribution in [1.29, 1.82) is 0 Å². The van der Waals surface area contributed by atoms with Gasteiger partial charge in [0.05, 0.1) is 12.3 Å². The molecule has 3 rings (SSSR count). The monoisotopic (exact) mass is 446 g/mol. The number of ether oxygens (including phenoxy) is 1. The molecule has 2 aromatic carbocycles. The number of alkyl halides is 3. The van der Waals surface area contributed by atoms with Crippen molar-refractivity contribution < 1.29 is 23.0 Å². The molecule has 0 spiro atoms. The zero-order chi connectivity index (χ0) is 23.3. The molecule has 170 valence electrons. The predicted molar refractivity (Wildman–Crippen MR) is 118 cm³/mol. The molecule has 0 aliphatic rings. The van der Waals surface area contributed by atoms with Crippen LogP contribution in [0.2, 0.25) is 0 Å². The van der Waals surface area contributed by atoms with Gasteiger partial charge in [-0.1, -0.05) is 37.3 Å². The van der Waals surface area contributed by atoms with Gasteiger partial charge in [0.25, 0.3) is 0 Å². The third kappa shape index (κ3) is 6.10. The number of rotatable bonds is 8. The first kappa shape index (κ1) is 23.3. The maximum atomic E-state index is 12.6. The minimum atomic E-state index is -4.79. The minimum absolute atomic E-state index is 0.136. The van der Waals surface area contributed by atoms with Crippen LogP contribution in [-0.4, -0.2) is 34.1 Å². The normalized spacial score (nSPS) is 12.3. The summed E-state index contributed by atoms with van der Waals surface area (Å²) in [5.74, 6) is 0.364. The lowest BCUT2D eigenvalue weighted by atomic mass is 10.1. The van der Waals surface area contributed by atoms with Crippen LogP contribution >= 0.6 is 0 Å². The summed E-state index contributed by atoms with van der Waals surface area (Å²) in [5.41, 5.74) is 3.87. The molecule has 6 nitrogen and oxygen atoms in total. The molecule has 0 fully saturated rings. The quantitative estimate of drug-likeness (QED) is 0.427. The number of para-hydroxylation sites is 1. The summed E-state index contributed by atoms with van der Waals surface area (Å²) in [5, 5.41) is 15.7. The van der Waals surface area contributed by atoms with Crippen molar-refractivity contribution in [2.45, 2.75) is 39.6 Å². The maximum absolute atomic E-state index is 12.6. The van der Waals surface area contributed by atoms with Gasteiger partial charge in [0.2, 0.25) is 5.95 Å². The molecule has 0 amide bonds. The SMILES string of the molecule is CCc1cccc(C)c1Nc1cc(-c2cccc(OC(F)(F)F)c2)nc(N[C@H](C)CO)n1. The van der Waals surface area contributed by atoms with Crippen LogP contribution in [0, 0.1) is 6.92 Å². The maximum Gasteiger partial charge on any atom is 0.573 e. The summed E-state index contributed by atoms with van der Waals surface area (Å²) in [4.78, 5) is 8.91. The van der Waals surface area contributed by atoms with Gasteiger partial charge >= 0.3 is 6.36 Å². The topological polar surface area (TPSA) is 79.3 Å². The Hall–Kier alpha value is -3.33. The summed E-state index contributed by atoms with van der Waals surface area (Å²) < 4.78 is 42.0. The fraction of sp³-hybridized carbons (Fsp3) is 0.304. The lowest BCUT2D eigenvalue weighted by molar-refractivity contribution is -0.274. The Morgan fingerprint density at radius 2 is 1.84 bits per heavy atom. The predicted octanol–water partition coefficient (Wildman–Crippen LogP) is 5.45. The van der Waals surface area contributed by atoms with Crippen LogP contribution in [0.1, 0.15) is 25.0 Å². The zero-order valence-electron chi connectivity index (χ0n) is 18.0. The van der Waals surface area contributed by atoms with Gasteiger partial charge < -0.3 is 20.5 Å². The molecule has 0 aliphatic carbocycles. The van der Waals surface area contributed by atoms with Gasteiger partial charge in [-0.3, -0.25) is 0 Å². The molecule has 1 atom stereocenters. The average Bonchev–Trinajstić information content (AvgIpc) is 2.74. The Balaban J connectivity index is 2.04. The van der Waals surface area contributed by atoms with E-state index >= 15 is 0 Å². The highest BCUT2D eigenvalue weighted by Crippen LogP contribution is 2.30. The van der Waals surface area contributed by atoms with Crippen molar-refractivity contribution in [3.05, 3.63) is 59.7 Å². The van der Waals surface area contributed by atoms with E-state index < -0.39 is 6.36 Å². The molecule has 0 bridgehead atoms. The summed E-state index contributed by atoms with van der Waals surface area (Å²) in [7, 11) is 0. The largest absolute Gasteiger partial charge is 0.573 e. The Morgan fingerprint density at radius 1 is 1.09 bits per heavy atom. The molecule has 3 N–H and O–H groups in total. The van der Waals surface area contributed by atoms with Crippen molar-refractivity contribution in [2.24, 2.45) is 0 Å². The third-order valence-corrected chi connectivity index (χ3v) is 4.73. The molecule has 32 heavy (non-hydrogen) atoms. The Bertz CT molecular complexity index is 1070. The minimum Gasteiger partial charge on any atom is -0.406 e. The molecular weight excluding hydrogens is 421 g/mol. The first-order chi connectivity index (χ1) is 15.2. The highest BCUT2D eigenvalue weighted by molar-refractivity contribution is 5.71. The van der Waals surface area contributed by atoms with Gasteiger partial charge in [0.15, 0.2) is 0 Å². The molecule has 0 aliphatic heterocycles. The number of nitrogens with zero attached hydrogens (tertiary/aromatic N) is 2. The molecule has 1 heterocycles. The van der Waals surface area contributed by atoms with Crippen LogP contribution in [0.4, 0.5) is 30.6 Å². The summed E-state index contributed by atoms with van der Waals surface area (Å²) >= 11 is 0. The number of aliphatic hydroxyl groups is 1. The fourth-order valence-corrected chi connectivity index (χ4v) is 3.17. The van der Waals surface area contributed by atoms with E-state index in [9.17, 15) is 18.3 Å². The molecule has 0 saturated heterocycles. The van der Waals surface area contributed by atoms with Crippen LogP contribution in [0.25, 0.3) is 11.3 Å². The number of halogens is 3. The van der Waals surface area contributed by atoms with Gasteiger partial charge in [-0.15, -0.1) is 13.2 Å². The van der Waals surface area contributed by atoms with E-state index in [4.69, 9.17) is 0 Å². The third-order valence-electron chi connectivity index (χ3n) is 4.73. The van der Waals surface area contributed by atoms with Crippen LogP contribution in [0.15, 0.2) is 48.5 Å². The Kier molecular flexibility index (Phi) is 7.19. The number of anilines is 3. The highest BCUT2D eigenvalue weighted by Gasteiger charge is 2.31. The van der Waals surface area contributed by atoms with E-state index in [0.29, 0.717) is 17.1 Å². The number of hydrogen-bond acceptors (Lipinski definition) is 6. The Labute approximate surface area is 184 Å². The van der Waals surface area contributed by atoms with E-state index in [1.54, 1.807) is 19.1 Å². The van der Waals surface area contributed by atoms with Crippen LogP contribution in [0.3, 0.4) is 0 Å². The first-order valence-corrected chi connectivity index (χ1v) is 10.2. The summed E-state index contributed by atoms with van der Waals surface area (Å²) in [6.45, 7) is 5.66. The van der Waals surface area contributed by atoms with E-state index in [-0.39, 0.29) is 24.3 Å². The molecular formula is C23H25F3N4O2.